The number of fused-ring (bicyclic) bond motifs is 1. The maximum atomic E-state index is 13.3. The molecule has 1 saturated heterocycles. The lowest BCUT2D eigenvalue weighted by Crippen LogP contribution is -2.38. The minimum absolute atomic E-state index is 0.0799. The minimum atomic E-state index is 0.0799. The van der Waals surface area contributed by atoms with Crippen LogP contribution in [0.1, 0.15) is 40.7 Å². The van der Waals surface area contributed by atoms with E-state index in [1.54, 1.807) is 11.3 Å². The minimum Gasteiger partial charge on any atom is -0.376 e. The summed E-state index contributed by atoms with van der Waals surface area (Å²) >= 11 is 1.59. The Morgan fingerprint density at radius 1 is 1.10 bits per heavy atom. The van der Waals surface area contributed by atoms with Crippen LogP contribution in [0, 0.1) is 27.7 Å². The van der Waals surface area contributed by atoms with Gasteiger partial charge in [0.1, 0.15) is 0 Å². The van der Waals surface area contributed by atoms with Crippen LogP contribution in [0.25, 0.3) is 10.2 Å². The van der Waals surface area contributed by atoms with Crippen molar-refractivity contribution in [3.05, 3.63) is 58.1 Å². The Hall–Kier alpha value is -2.24. The number of anilines is 1. The summed E-state index contributed by atoms with van der Waals surface area (Å²) in [6, 6.07) is 10.5. The molecule has 1 aliphatic rings. The normalized spacial score (nSPS) is 16.5. The fraction of sp³-hybridized carbons (Fsp3) is 0.417. The highest BCUT2D eigenvalue weighted by atomic mass is 32.1. The topological polar surface area (TPSA) is 42.4 Å². The Labute approximate surface area is 176 Å². The van der Waals surface area contributed by atoms with E-state index >= 15 is 0 Å². The first-order valence-electron chi connectivity index (χ1n) is 10.3. The molecule has 5 heteroatoms. The lowest BCUT2D eigenvalue weighted by Gasteiger charge is -2.23. The number of carbonyl (C=O) groups is 1. The number of carbonyl (C=O) groups excluding carboxylic acids is 1. The number of hydrogen-bond donors (Lipinski definition) is 0. The third-order valence-corrected chi connectivity index (χ3v) is 6.90. The molecule has 1 aromatic heterocycles. The van der Waals surface area contributed by atoms with Gasteiger partial charge in [0.15, 0.2) is 5.13 Å². The average Bonchev–Trinajstić information content (AvgIpc) is 3.32. The smallest absolute Gasteiger partial charge is 0.233 e. The lowest BCUT2D eigenvalue weighted by atomic mass is 10.0. The van der Waals surface area contributed by atoms with Crippen LogP contribution in [0.5, 0.6) is 0 Å². The summed E-state index contributed by atoms with van der Waals surface area (Å²) in [5, 5.41) is 0.773. The number of aryl methyl sites for hydroxylation is 4. The molecule has 152 valence electrons. The third kappa shape index (κ3) is 4.36. The molecule has 0 saturated carbocycles. The van der Waals surface area contributed by atoms with Crippen molar-refractivity contribution in [3.8, 4) is 0 Å². The van der Waals surface area contributed by atoms with Crippen molar-refractivity contribution < 1.29 is 9.53 Å². The van der Waals surface area contributed by atoms with Crippen LogP contribution in [-0.4, -0.2) is 30.1 Å². The number of hydrogen-bond acceptors (Lipinski definition) is 4. The van der Waals surface area contributed by atoms with Crippen LogP contribution < -0.4 is 4.90 Å². The Bertz CT molecular complexity index is 1010. The quantitative estimate of drug-likeness (QED) is 0.576. The predicted octanol–water partition coefficient (Wildman–Crippen LogP) is 5.28. The van der Waals surface area contributed by atoms with E-state index in [0.29, 0.717) is 13.0 Å². The summed E-state index contributed by atoms with van der Waals surface area (Å²) in [7, 11) is 0. The maximum absolute atomic E-state index is 13.3. The number of amides is 1. The number of ether oxygens (including phenoxy) is 1. The van der Waals surface area contributed by atoms with E-state index in [1.807, 2.05) is 4.90 Å². The van der Waals surface area contributed by atoms with Crippen molar-refractivity contribution in [2.45, 2.75) is 53.1 Å². The first-order chi connectivity index (χ1) is 13.9. The van der Waals surface area contributed by atoms with Crippen molar-refractivity contribution in [1.82, 2.24) is 4.98 Å². The van der Waals surface area contributed by atoms with E-state index < -0.39 is 0 Å². The zero-order valence-electron chi connectivity index (χ0n) is 17.6. The van der Waals surface area contributed by atoms with Crippen molar-refractivity contribution in [2.75, 3.05) is 18.1 Å². The molecule has 0 radical (unpaired) electrons. The van der Waals surface area contributed by atoms with Gasteiger partial charge in [-0.05, 0) is 80.5 Å². The zero-order valence-corrected chi connectivity index (χ0v) is 18.4. The fourth-order valence-corrected chi connectivity index (χ4v) is 4.82. The largest absolute Gasteiger partial charge is 0.376 e. The van der Waals surface area contributed by atoms with Gasteiger partial charge < -0.3 is 4.74 Å². The number of nitrogens with zero attached hydrogens (tertiary/aromatic N) is 2. The molecule has 4 nitrogen and oxygen atoms in total. The Morgan fingerprint density at radius 2 is 1.86 bits per heavy atom. The summed E-state index contributed by atoms with van der Waals surface area (Å²) in [4.78, 5) is 20.0. The number of benzene rings is 2. The molecule has 1 aliphatic heterocycles. The second-order valence-electron chi connectivity index (χ2n) is 8.14. The van der Waals surface area contributed by atoms with Crippen LogP contribution in [0.15, 0.2) is 30.3 Å². The van der Waals surface area contributed by atoms with Crippen molar-refractivity contribution in [2.24, 2.45) is 0 Å². The molecule has 4 rings (SSSR count). The molecule has 1 amide bonds. The molecule has 1 unspecified atom stereocenters. The molecule has 1 atom stereocenters. The van der Waals surface area contributed by atoms with E-state index in [0.717, 1.165) is 40.4 Å². The van der Waals surface area contributed by atoms with E-state index in [9.17, 15) is 4.79 Å². The Morgan fingerprint density at radius 3 is 2.59 bits per heavy atom. The SMILES string of the molecule is Cc1ccc(CC(=O)N(CC2CCCO2)c2nc3cc(C)c(C)cc3s2)cc1C. The van der Waals surface area contributed by atoms with E-state index in [2.05, 4.69) is 58.0 Å². The highest BCUT2D eigenvalue weighted by Gasteiger charge is 2.26. The summed E-state index contributed by atoms with van der Waals surface area (Å²) in [6.07, 6.45) is 2.52. The second-order valence-corrected chi connectivity index (χ2v) is 9.14. The molecular formula is C24H28N2O2S. The molecule has 3 aromatic rings. The predicted molar refractivity (Wildman–Crippen MR) is 120 cm³/mol. The molecule has 2 heterocycles. The molecule has 2 aromatic carbocycles. The van der Waals surface area contributed by atoms with Gasteiger partial charge in [0.05, 0.1) is 29.3 Å². The van der Waals surface area contributed by atoms with E-state index in [-0.39, 0.29) is 12.0 Å². The van der Waals surface area contributed by atoms with Crippen LogP contribution in [0.4, 0.5) is 5.13 Å². The molecule has 1 fully saturated rings. The molecular weight excluding hydrogens is 380 g/mol. The third-order valence-electron chi connectivity index (χ3n) is 5.86. The van der Waals surface area contributed by atoms with Gasteiger partial charge >= 0.3 is 0 Å². The van der Waals surface area contributed by atoms with Gasteiger partial charge in [-0.15, -0.1) is 0 Å². The Balaban J connectivity index is 1.65. The second kappa shape index (κ2) is 8.25. The van der Waals surface area contributed by atoms with Gasteiger partial charge in [-0.1, -0.05) is 29.5 Å². The van der Waals surface area contributed by atoms with Gasteiger partial charge in [0, 0.05) is 6.61 Å². The molecule has 0 N–H and O–H groups in total. The van der Waals surface area contributed by atoms with Crippen LogP contribution in [0.3, 0.4) is 0 Å². The zero-order chi connectivity index (χ0) is 20.5. The summed E-state index contributed by atoms with van der Waals surface area (Å²) < 4.78 is 6.96. The van der Waals surface area contributed by atoms with Crippen LogP contribution >= 0.6 is 11.3 Å². The van der Waals surface area contributed by atoms with Crippen molar-refractivity contribution in [3.63, 3.8) is 0 Å². The summed E-state index contributed by atoms with van der Waals surface area (Å²) in [5.41, 5.74) is 6.94. The molecule has 0 bridgehead atoms. The fourth-order valence-electron chi connectivity index (χ4n) is 3.75. The van der Waals surface area contributed by atoms with Gasteiger partial charge in [0.25, 0.3) is 0 Å². The van der Waals surface area contributed by atoms with Crippen LogP contribution in [-0.2, 0) is 16.0 Å². The average molecular weight is 409 g/mol. The van der Waals surface area contributed by atoms with Crippen molar-refractivity contribution in [1.29, 1.82) is 0 Å². The lowest BCUT2D eigenvalue weighted by molar-refractivity contribution is -0.118. The maximum Gasteiger partial charge on any atom is 0.233 e. The highest BCUT2D eigenvalue weighted by Crippen LogP contribution is 2.32. The summed E-state index contributed by atoms with van der Waals surface area (Å²) in [6.45, 7) is 9.75. The standard InChI is InChI=1S/C24H28N2O2S/c1-15-7-8-19(10-16(15)2)13-23(27)26(14-20-6-5-9-28-20)24-25-21-11-17(3)18(4)12-22(21)29-24/h7-8,10-12,20H,5-6,9,13-14H2,1-4H3. The van der Waals surface area contributed by atoms with Gasteiger partial charge in [-0.2, -0.15) is 0 Å². The number of aromatic nitrogens is 1. The van der Waals surface area contributed by atoms with Crippen LogP contribution in [0.2, 0.25) is 0 Å². The Kier molecular flexibility index (Phi) is 5.70. The van der Waals surface area contributed by atoms with Crippen molar-refractivity contribution >= 4 is 32.6 Å². The highest BCUT2D eigenvalue weighted by molar-refractivity contribution is 7.22. The van der Waals surface area contributed by atoms with Gasteiger partial charge in [0.2, 0.25) is 5.91 Å². The first-order valence-corrected chi connectivity index (χ1v) is 11.1. The number of thiazole rings is 1. The summed E-state index contributed by atoms with van der Waals surface area (Å²) in [5.74, 6) is 0.0799. The monoisotopic (exact) mass is 408 g/mol. The van der Waals surface area contributed by atoms with Gasteiger partial charge in [-0.25, -0.2) is 4.98 Å². The molecule has 0 aliphatic carbocycles. The first kappa shape index (κ1) is 20.0. The van der Waals surface area contributed by atoms with E-state index in [1.165, 1.54) is 22.3 Å². The number of rotatable bonds is 5. The molecule has 0 spiro atoms. The van der Waals surface area contributed by atoms with Gasteiger partial charge in [-0.3, -0.25) is 9.69 Å². The molecule has 29 heavy (non-hydrogen) atoms. The van der Waals surface area contributed by atoms with E-state index in [4.69, 9.17) is 9.72 Å².